The van der Waals surface area contributed by atoms with E-state index in [-0.39, 0.29) is 40.6 Å². The third-order valence-corrected chi connectivity index (χ3v) is 1.29. The van der Waals surface area contributed by atoms with Crippen LogP contribution in [-0.2, 0) is 14.4 Å². The molecule has 0 unspecified atom stereocenters. The van der Waals surface area contributed by atoms with Crippen LogP contribution in [0.3, 0.4) is 0 Å². The Balaban J connectivity index is -0.0000000933. The van der Waals surface area contributed by atoms with Crippen molar-refractivity contribution in [3.63, 3.8) is 0 Å². The Bertz CT molecular complexity index is 311. The molecule has 0 fully saturated rings. The minimum Gasteiger partial charge on any atom is -1.00 e. The molecule has 0 aromatic carbocycles. The van der Waals surface area contributed by atoms with E-state index < -0.39 is 45.4 Å². The Hall–Kier alpha value is -0.313. The van der Waals surface area contributed by atoms with Gasteiger partial charge in [-0.25, -0.2) is 4.79 Å². The zero-order chi connectivity index (χ0) is 15.1. The van der Waals surface area contributed by atoms with E-state index in [1.807, 2.05) is 0 Å². The number of carboxylic acids is 3. The van der Waals surface area contributed by atoms with E-state index in [9.17, 15) is 14.4 Å². The quantitative estimate of drug-likeness (QED) is 0.227. The first-order chi connectivity index (χ1) is 7.78. The molecule has 19 heavy (non-hydrogen) atoms. The molecule has 0 amide bonds. The molecule has 0 aliphatic rings. The van der Waals surface area contributed by atoms with Crippen LogP contribution in [0.15, 0.2) is 0 Å². The maximum Gasteiger partial charge on any atom is 2.00 e. The summed E-state index contributed by atoms with van der Waals surface area (Å²) < 4.78 is 0. The Morgan fingerprint density at radius 3 is 1.21 bits per heavy atom. The summed E-state index contributed by atoms with van der Waals surface area (Å²) in [5.74, 6) is -5.02. The second-order valence-electron chi connectivity index (χ2n) is 3.08. The van der Waals surface area contributed by atoms with Gasteiger partial charge in [0, 0.05) is 0 Å². The number of carbonyl (C=O) groups is 3. The number of aliphatic hydroxyl groups is 1. The minimum absolute atomic E-state index is 0. The van der Waals surface area contributed by atoms with Crippen LogP contribution in [0, 0.1) is 0 Å². The fraction of sp³-hybridized carbons (Fsp3) is 0.500. The van der Waals surface area contributed by atoms with Gasteiger partial charge in [-0.15, -0.1) is 0 Å². The normalized spacial score (nSPS) is 10.6. The Labute approximate surface area is 139 Å². The predicted octanol–water partition coefficient (Wildman–Crippen LogP) is -4.01. The van der Waals surface area contributed by atoms with E-state index in [0.717, 1.165) is 0 Å². The molecule has 0 spiro atoms. The van der Waals surface area contributed by atoms with Gasteiger partial charge in [-0.05, 0) is 0 Å². The maximum atomic E-state index is 10.3. The fourth-order valence-corrected chi connectivity index (χ4v) is 0.714. The molecule has 0 aliphatic heterocycles. The van der Waals surface area contributed by atoms with Crippen molar-refractivity contribution in [3.05, 3.63) is 0 Å². The Morgan fingerprint density at radius 2 is 1.11 bits per heavy atom. The van der Waals surface area contributed by atoms with Crippen LogP contribution < -0.4 is 0 Å². The van der Waals surface area contributed by atoms with E-state index in [0.29, 0.717) is 0 Å². The molecule has 0 radical (unpaired) electrons. The molecule has 11 nitrogen and oxygen atoms in total. The first-order valence-corrected chi connectivity index (χ1v) is 5.85. The first-order valence-electron chi connectivity index (χ1n) is 4.07. The second-order valence-corrected chi connectivity index (χ2v) is 4.28. The molecule has 0 saturated heterocycles. The average Bonchev–Trinajstić information content (AvgIpc) is 1.95. The van der Waals surface area contributed by atoms with Gasteiger partial charge in [0.05, 0.1) is 12.8 Å². The average molecular weight is 330 g/mol. The van der Waals surface area contributed by atoms with Crippen molar-refractivity contribution in [1.82, 2.24) is 0 Å². The number of rotatable bonds is 5. The van der Waals surface area contributed by atoms with Crippen molar-refractivity contribution >= 4 is 64.7 Å². The van der Waals surface area contributed by atoms with Crippen LogP contribution in [-0.4, -0.2) is 110 Å². The SMILES string of the molecule is O=C(O)CC(O)(CC(=O)O)C(=O)O.O[Si](O)(O)O.[Ca+2].[H-].[H-]. The van der Waals surface area contributed by atoms with E-state index >= 15 is 0 Å². The molecule has 110 valence electrons. The summed E-state index contributed by atoms with van der Waals surface area (Å²) in [4.78, 5) is 59.8. The monoisotopic (exact) mass is 330 g/mol. The third kappa shape index (κ3) is 17.7. The van der Waals surface area contributed by atoms with Gasteiger partial charge in [0.15, 0.2) is 5.60 Å². The first kappa shape index (κ1) is 23.8. The molecule has 0 aliphatic carbocycles. The fourth-order valence-electron chi connectivity index (χ4n) is 0.714. The van der Waals surface area contributed by atoms with Crippen LogP contribution in [0.5, 0.6) is 0 Å². The van der Waals surface area contributed by atoms with Gasteiger partial charge >= 0.3 is 64.7 Å². The topological polar surface area (TPSA) is 213 Å². The van der Waals surface area contributed by atoms with Crippen LogP contribution in [0.2, 0.25) is 0 Å². The Kier molecular flexibility index (Phi) is 12.0. The van der Waals surface area contributed by atoms with Gasteiger partial charge in [0.1, 0.15) is 0 Å². The van der Waals surface area contributed by atoms with Crippen molar-refractivity contribution in [2.24, 2.45) is 0 Å². The van der Waals surface area contributed by atoms with Crippen molar-refractivity contribution in [1.29, 1.82) is 0 Å². The maximum absolute atomic E-state index is 10.3. The van der Waals surface area contributed by atoms with Gasteiger partial charge in [-0.2, -0.15) is 0 Å². The summed E-state index contributed by atoms with van der Waals surface area (Å²) in [7, 11) is -4.61. The van der Waals surface area contributed by atoms with Gasteiger partial charge in [-0.3, -0.25) is 9.59 Å². The van der Waals surface area contributed by atoms with Crippen molar-refractivity contribution < 1.29 is 56.8 Å². The summed E-state index contributed by atoms with van der Waals surface area (Å²) in [5.41, 5.74) is -2.74. The van der Waals surface area contributed by atoms with Gasteiger partial charge in [0.2, 0.25) is 0 Å². The van der Waals surface area contributed by atoms with E-state index in [1.165, 1.54) is 0 Å². The second kappa shape index (κ2) is 9.57. The Morgan fingerprint density at radius 1 is 0.895 bits per heavy atom. The molecule has 0 aromatic rings. The van der Waals surface area contributed by atoms with E-state index in [1.54, 1.807) is 0 Å². The summed E-state index contributed by atoms with van der Waals surface area (Å²) in [5, 5.41) is 33.8. The van der Waals surface area contributed by atoms with Gasteiger partial charge in [-0.1, -0.05) is 0 Å². The molecule has 8 N–H and O–H groups in total. The number of aliphatic carboxylic acids is 3. The zero-order valence-electron chi connectivity index (χ0n) is 11.4. The number of hydrogen-bond acceptors (Lipinski definition) is 8. The van der Waals surface area contributed by atoms with Crippen LogP contribution in [0.25, 0.3) is 0 Å². The molecule has 0 rings (SSSR count). The molecule has 0 heterocycles. The molecule has 0 saturated carbocycles. The molecular weight excluding hydrogens is 316 g/mol. The standard InChI is InChI=1S/C6H8O7.Ca.H4O4Si.2H/c7-3(8)1-6(13,5(11)12)2-4(9)10;;1-5(2,3)4;;/h13H,1-2H2,(H,7,8)(H,9,10)(H,11,12);;1-4H;;/q;+2;;2*-1. The summed E-state index contributed by atoms with van der Waals surface area (Å²) >= 11 is 0. The van der Waals surface area contributed by atoms with Crippen molar-refractivity contribution in [2.45, 2.75) is 18.4 Å². The van der Waals surface area contributed by atoms with E-state index in [2.05, 4.69) is 0 Å². The zero-order valence-corrected chi connectivity index (χ0v) is 12.6. The number of carboxylic acid groups (broad SMARTS) is 3. The van der Waals surface area contributed by atoms with Gasteiger partial charge < -0.3 is 42.5 Å². The van der Waals surface area contributed by atoms with Crippen LogP contribution in [0.4, 0.5) is 0 Å². The molecule has 13 heteroatoms. The van der Waals surface area contributed by atoms with Gasteiger partial charge in [0.25, 0.3) is 0 Å². The minimum atomic E-state index is -4.61. The van der Waals surface area contributed by atoms with Crippen molar-refractivity contribution in [3.8, 4) is 0 Å². The number of hydrogen-bond donors (Lipinski definition) is 8. The van der Waals surface area contributed by atoms with Crippen LogP contribution in [0.1, 0.15) is 15.7 Å². The summed E-state index contributed by atoms with van der Waals surface area (Å²) in [6.45, 7) is 0. The van der Waals surface area contributed by atoms with Crippen molar-refractivity contribution in [2.75, 3.05) is 0 Å². The smallest absolute Gasteiger partial charge is 1.00 e. The van der Waals surface area contributed by atoms with E-state index in [4.69, 9.17) is 39.6 Å². The van der Waals surface area contributed by atoms with Crippen LogP contribution >= 0.6 is 0 Å². The summed E-state index contributed by atoms with van der Waals surface area (Å²) in [6, 6.07) is 0. The third-order valence-electron chi connectivity index (χ3n) is 1.29. The molecular formula is C6H14CaO11Si. The predicted molar refractivity (Wildman–Crippen MR) is 59.7 cm³/mol. The molecule has 0 aromatic heterocycles. The largest absolute Gasteiger partial charge is 2.00 e. The summed E-state index contributed by atoms with van der Waals surface area (Å²) in [6.07, 6.45) is -2.29. The molecule has 0 atom stereocenters. The molecule has 0 bridgehead atoms.